The average molecular weight is 253 g/mol. The minimum atomic E-state index is -0.644. The van der Waals surface area contributed by atoms with Crippen LogP contribution in [0.5, 0.6) is 0 Å². The summed E-state index contributed by atoms with van der Waals surface area (Å²) in [5, 5.41) is 15.1. The lowest BCUT2D eigenvalue weighted by molar-refractivity contribution is 0.0727. The molecule has 1 unspecified atom stereocenters. The van der Waals surface area contributed by atoms with Gasteiger partial charge in [0.25, 0.3) is 5.91 Å². The van der Waals surface area contributed by atoms with Gasteiger partial charge in [0, 0.05) is 32.1 Å². The van der Waals surface area contributed by atoms with Crippen LogP contribution >= 0.6 is 0 Å². The second kappa shape index (κ2) is 6.83. The SMILES string of the molecule is CNC(=O)c1ccc(N)cc1NCC(O)COC. The lowest BCUT2D eigenvalue weighted by Gasteiger charge is -2.15. The minimum absolute atomic E-state index is 0.210. The summed E-state index contributed by atoms with van der Waals surface area (Å²) >= 11 is 0. The number of carbonyl (C=O) groups excluding carboxylic acids is 1. The minimum Gasteiger partial charge on any atom is -0.399 e. The quantitative estimate of drug-likeness (QED) is 0.537. The van der Waals surface area contributed by atoms with Crippen LogP contribution in [0.3, 0.4) is 0 Å². The molecule has 1 amide bonds. The molecule has 6 nitrogen and oxygen atoms in total. The first-order chi connectivity index (χ1) is 8.58. The molecule has 0 fully saturated rings. The van der Waals surface area contributed by atoms with Gasteiger partial charge in [-0.15, -0.1) is 0 Å². The van der Waals surface area contributed by atoms with Crippen molar-refractivity contribution in [1.29, 1.82) is 0 Å². The van der Waals surface area contributed by atoms with Crippen LogP contribution in [0.4, 0.5) is 11.4 Å². The second-order valence-electron chi connectivity index (χ2n) is 3.87. The van der Waals surface area contributed by atoms with Crippen LogP contribution in [-0.2, 0) is 4.74 Å². The average Bonchev–Trinajstić information content (AvgIpc) is 2.36. The number of aliphatic hydroxyl groups is 1. The molecule has 18 heavy (non-hydrogen) atoms. The number of aliphatic hydroxyl groups excluding tert-OH is 1. The van der Waals surface area contributed by atoms with Gasteiger partial charge in [-0.3, -0.25) is 4.79 Å². The number of hydrogen-bond acceptors (Lipinski definition) is 5. The van der Waals surface area contributed by atoms with Crippen LogP contribution in [0.25, 0.3) is 0 Å². The highest BCUT2D eigenvalue weighted by molar-refractivity contribution is 6.00. The van der Waals surface area contributed by atoms with Gasteiger partial charge in [0.15, 0.2) is 0 Å². The largest absolute Gasteiger partial charge is 0.399 e. The van der Waals surface area contributed by atoms with Crippen molar-refractivity contribution < 1.29 is 14.6 Å². The zero-order valence-electron chi connectivity index (χ0n) is 10.6. The van der Waals surface area contributed by atoms with Gasteiger partial charge in [-0.1, -0.05) is 0 Å². The number of ether oxygens (including phenoxy) is 1. The molecule has 0 aliphatic heterocycles. The van der Waals surface area contributed by atoms with Gasteiger partial charge in [-0.2, -0.15) is 0 Å². The maximum Gasteiger partial charge on any atom is 0.253 e. The number of anilines is 2. The Bertz CT molecular complexity index is 410. The highest BCUT2D eigenvalue weighted by Gasteiger charge is 2.11. The lowest BCUT2D eigenvalue weighted by Crippen LogP contribution is -2.26. The van der Waals surface area contributed by atoms with Crippen molar-refractivity contribution in [3.05, 3.63) is 23.8 Å². The van der Waals surface area contributed by atoms with Crippen molar-refractivity contribution in [3.63, 3.8) is 0 Å². The van der Waals surface area contributed by atoms with E-state index in [1.54, 1.807) is 25.2 Å². The Labute approximate surface area is 106 Å². The summed E-state index contributed by atoms with van der Waals surface area (Å²) in [5.41, 5.74) is 7.29. The van der Waals surface area contributed by atoms with Crippen molar-refractivity contribution in [1.82, 2.24) is 5.32 Å². The zero-order chi connectivity index (χ0) is 13.5. The Morgan fingerprint density at radius 2 is 2.28 bits per heavy atom. The monoisotopic (exact) mass is 253 g/mol. The van der Waals surface area contributed by atoms with Crippen molar-refractivity contribution in [2.75, 3.05) is 38.4 Å². The van der Waals surface area contributed by atoms with E-state index in [1.807, 2.05) is 0 Å². The number of benzene rings is 1. The molecule has 5 N–H and O–H groups in total. The molecule has 0 aliphatic carbocycles. The zero-order valence-corrected chi connectivity index (χ0v) is 10.6. The first-order valence-corrected chi connectivity index (χ1v) is 5.61. The van der Waals surface area contributed by atoms with E-state index in [-0.39, 0.29) is 19.1 Å². The Morgan fingerprint density at radius 1 is 1.56 bits per heavy atom. The Kier molecular flexibility index (Phi) is 5.41. The molecule has 0 saturated heterocycles. The van der Waals surface area contributed by atoms with E-state index < -0.39 is 6.10 Å². The Morgan fingerprint density at radius 3 is 2.89 bits per heavy atom. The Balaban J connectivity index is 2.79. The van der Waals surface area contributed by atoms with E-state index in [9.17, 15) is 9.90 Å². The van der Waals surface area contributed by atoms with Gasteiger partial charge in [-0.05, 0) is 18.2 Å². The summed E-state index contributed by atoms with van der Waals surface area (Å²) in [6.45, 7) is 0.506. The van der Waals surface area contributed by atoms with Crippen LogP contribution in [0.15, 0.2) is 18.2 Å². The molecule has 0 heterocycles. The lowest BCUT2D eigenvalue weighted by atomic mass is 10.1. The molecule has 1 rings (SSSR count). The third-order valence-corrected chi connectivity index (χ3v) is 2.40. The predicted octanol–water partition coefficient (Wildman–Crippen LogP) is 0.0476. The smallest absolute Gasteiger partial charge is 0.253 e. The summed E-state index contributed by atoms with van der Waals surface area (Å²) in [5.74, 6) is -0.210. The number of methoxy groups -OCH3 is 1. The Hall–Kier alpha value is -1.79. The molecule has 0 saturated carbocycles. The number of hydrogen-bond donors (Lipinski definition) is 4. The fourth-order valence-corrected chi connectivity index (χ4v) is 1.52. The third kappa shape index (κ3) is 3.90. The number of carbonyl (C=O) groups is 1. The fourth-order valence-electron chi connectivity index (χ4n) is 1.52. The van der Waals surface area contributed by atoms with E-state index in [4.69, 9.17) is 10.5 Å². The summed E-state index contributed by atoms with van der Waals surface area (Å²) < 4.78 is 4.82. The molecular formula is C12H19N3O3. The molecular weight excluding hydrogens is 234 g/mol. The molecule has 1 aromatic rings. The van der Waals surface area contributed by atoms with Crippen molar-refractivity contribution in [2.45, 2.75) is 6.10 Å². The first kappa shape index (κ1) is 14.3. The number of nitrogen functional groups attached to an aromatic ring is 1. The summed E-state index contributed by atoms with van der Waals surface area (Å²) in [4.78, 5) is 11.6. The van der Waals surface area contributed by atoms with Gasteiger partial charge in [-0.25, -0.2) is 0 Å². The van der Waals surface area contributed by atoms with E-state index >= 15 is 0 Å². The summed E-state index contributed by atoms with van der Waals surface area (Å²) in [6.07, 6.45) is -0.644. The molecule has 6 heteroatoms. The molecule has 0 aliphatic rings. The molecule has 0 bridgehead atoms. The van der Waals surface area contributed by atoms with Gasteiger partial charge >= 0.3 is 0 Å². The second-order valence-corrected chi connectivity index (χ2v) is 3.87. The van der Waals surface area contributed by atoms with E-state index in [0.29, 0.717) is 16.9 Å². The number of rotatable bonds is 6. The maximum absolute atomic E-state index is 11.6. The fraction of sp³-hybridized carbons (Fsp3) is 0.417. The van der Waals surface area contributed by atoms with Crippen molar-refractivity contribution in [3.8, 4) is 0 Å². The van der Waals surface area contributed by atoms with Crippen molar-refractivity contribution >= 4 is 17.3 Å². The van der Waals surface area contributed by atoms with Crippen LogP contribution in [0.2, 0.25) is 0 Å². The molecule has 100 valence electrons. The van der Waals surface area contributed by atoms with Crippen LogP contribution in [0, 0.1) is 0 Å². The first-order valence-electron chi connectivity index (χ1n) is 5.61. The molecule has 0 spiro atoms. The molecule has 0 aromatic heterocycles. The summed E-state index contributed by atoms with van der Waals surface area (Å²) in [6, 6.07) is 4.95. The number of nitrogens with two attached hydrogens (primary N) is 1. The van der Waals surface area contributed by atoms with Crippen LogP contribution < -0.4 is 16.4 Å². The highest BCUT2D eigenvalue weighted by atomic mass is 16.5. The summed E-state index contributed by atoms with van der Waals surface area (Å²) in [7, 11) is 3.07. The number of nitrogens with one attached hydrogen (secondary N) is 2. The van der Waals surface area contributed by atoms with Crippen LogP contribution in [-0.4, -0.2) is 44.4 Å². The third-order valence-electron chi connectivity index (χ3n) is 2.40. The highest BCUT2D eigenvalue weighted by Crippen LogP contribution is 2.19. The maximum atomic E-state index is 11.6. The molecule has 1 atom stereocenters. The molecule has 1 aromatic carbocycles. The van der Waals surface area contributed by atoms with Gasteiger partial charge in [0.1, 0.15) is 0 Å². The van der Waals surface area contributed by atoms with Crippen molar-refractivity contribution in [2.24, 2.45) is 0 Å². The normalized spacial score (nSPS) is 11.9. The van der Waals surface area contributed by atoms with E-state index in [1.165, 1.54) is 7.11 Å². The number of amides is 1. The predicted molar refractivity (Wildman–Crippen MR) is 70.6 cm³/mol. The van der Waals surface area contributed by atoms with E-state index in [0.717, 1.165) is 0 Å². The van der Waals surface area contributed by atoms with Gasteiger partial charge in [0.2, 0.25) is 0 Å². The van der Waals surface area contributed by atoms with Gasteiger partial charge < -0.3 is 26.2 Å². The van der Waals surface area contributed by atoms with Crippen LogP contribution in [0.1, 0.15) is 10.4 Å². The van der Waals surface area contributed by atoms with Gasteiger partial charge in [0.05, 0.1) is 18.3 Å². The topological polar surface area (TPSA) is 96.6 Å². The molecule has 0 radical (unpaired) electrons. The van der Waals surface area contributed by atoms with E-state index in [2.05, 4.69) is 10.6 Å². The standard InChI is InChI=1S/C12H19N3O3/c1-14-12(17)10-4-3-8(13)5-11(10)15-6-9(16)7-18-2/h3-5,9,15-16H,6-7,13H2,1-2H3,(H,14,17).